The van der Waals surface area contributed by atoms with Crippen molar-refractivity contribution in [1.82, 2.24) is 9.97 Å². The molecule has 0 atom stereocenters. The maximum absolute atomic E-state index is 11.9. The van der Waals surface area contributed by atoms with Crippen LogP contribution in [-0.4, -0.2) is 14.9 Å². The maximum atomic E-state index is 11.9. The Morgan fingerprint density at radius 2 is 2.06 bits per heavy atom. The monoisotopic (exact) mass is 247 g/mol. The predicted molar refractivity (Wildman–Crippen MR) is 67.8 cm³/mol. The van der Waals surface area contributed by atoms with Crippen LogP contribution in [0.25, 0.3) is 10.9 Å². The molecule has 18 heavy (non-hydrogen) atoms. The number of H-pyrrole nitrogens is 1. The van der Waals surface area contributed by atoms with Crippen LogP contribution < -0.4 is 5.56 Å². The van der Waals surface area contributed by atoms with Gasteiger partial charge in [-0.25, -0.2) is 4.98 Å². The van der Waals surface area contributed by atoms with Crippen molar-refractivity contribution in [3.05, 3.63) is 44.0 Å². The molecule has 0 bridgehead atoms. The van der Waals surface area contributed by atoms with Gasteiger partial charge in [0.25, 0.3) is 11.2 Å². The third-order valence-electron chi connectivity index (χ3n) is 2.70. The summed E-state index contributed by atoms with van der Waals surface area (Å²) in [6.07, 6.45) is 0. The second-order valence-electron chi connectivity index (χ2n) is 4.54. The van der Waals surface area contributed by atoms with E-state index in [9.17, 15) is 14.9 Å². The number of nitrogens with zero attached hydrogens (tertiary/aromatic N) is 2. The van der Waals surface area contributed by atoms with E-state index in [4.69, 9.17) is 0 Å². The molecule has 0 saturated carbocycles. The first-order chi connectivity index (χ1) is 8.40. The van der Waals surface area contributed by atoms with E-state index in [-0.39, 0.29) is 28.1 Å². The van der Waals surface area contributed by atoms with Gasteiger partial charge in [-0.05, 0) is 18.6 Å². The van der Waals surface area contributed by atoms with E-state index in [0.717, 1.165) is 0 Å². The molecule has 1 aromatic heterocycles. The summed E-state index contributed by atoms with van der Waals surface area (Å²) in [5, 5.41) is 11.3. The van der Waals surface area contributed by atoms with Gasteiger partial charge in [-0.3, -0.25) is 14.9 Å². The normalized spacial score (nSPS) is 11.1. The van der Waals surface area contributed by atoms with Crippen molar-refractivity contribution in [2.75, 3.05) is 0 Å². The highest BCUT2D eigenvalue weighted by molar-refractivity contribution is 5.87. The number of aromatic nitrogens is 2. The van der Waals surface area contributed by atoms with Gasteiger partial charge in [0.2, 0.25) is 0 Å². The molecule has 0 radical (unpaired) electrons. The number of hydrogen-bond acceptors (Lipinski definition) is 4. The molecule has 2 aromatic rings. The highest BCUT2D eigenvalue weighted by Gasteiger charge is 2.18. The van der Waals surface area contributed by atoms with Crippen LogP contribution in [0.4, 0.5) is 5.69 Å². The van der Waals surface area contributed by atoms with Gasteiger partial charge in [0.1, 0.15) is 5.82 Å². The number of fused-ring (bicyclic) bond motifs is 1. The fourth-order valence-electron chi connectivity index (χ4n) is 1.79. The van der Waals surface area contributed by atoms with Crippen LogP contribution >= 0.6 is 0 Å². The molecule has 1 heterocycles. The molecule has 0 aliphatic carbocycles. The maximum Gasteiger partial charge on any atom is 0.295 e. The zero-order valence-corrected chi connectivity index (χ0v) is 10.4. The van der Waals surface area contributed by atoms with E-state index in [1.165, 1.54) is 6.07 Å². The summed E-state index contributed by atoms with van der Waals surface area (Å²) in [7, 11) is 0. The average Bonchev–Trinajstić information content (AvgIpc) is 2.28. The number of nitro groups is 1. The summed E-state index contributed by atoms with van der Waals surface area (Å²) in [6.45, 7) is 5.44. The Balaban J connectivity index is 2.93. The molecule has 0 amide bonds. The molecule has 2 rings (SSSR count). The number of rotatable bonds is 2. The highest BCUT2D eigenvalue weighted by Crippen LogP contribution is 2.24. The first kappa shape index (κ1) is 12.2. The van der Waals surface area contributed by atoms with Gasteiger partial charge >= 0.3 is 0 Å². The summed E-state index contributed by atoms with van der Waals surface area (Å²) < 4.78 is 0. The number of aromatic amines is 1. The molecular formula is C12H13N3O3. The lowest BCUT2D eigenvalue weighted by molar-refractivity contribution is -0.383. The molecule has 0 aliphatic heterocycles. The van der Waals surface area contributed by atoms with Gasteiger partial charge < -0.3 is 4.98 Å². The van der Waals surface area contributed by atoms with Gasteiger partial charge in [-0.15, -0.1) is 0 Å². The number of aryl methyl sites for hydroxylation is 1. The van der Waals surface area contributed by atoms with Crippen molar-refractivity contribution >= 4 is 16.6 Å². The van der Waals surface area contributed by atoms with Crippen molar-refractivity contribution in [3.8, 4) is 0 Å². The molecule has 0 spiro atoms. The lowest BCUT2D eigenvalue weighted by Gasteiger charge is -2.06. The first-order valence-corrected chi connectivity index (χ1v) is 5.59. The Morgan fingerprint density at radius 1 is 1.39 bits per heavy atom. The Morgan fingerprint density at radius 3 is 2.61 bits per heavy atom. The van der Waals surface area contributed by atoms with Gasteiger partial charge in [0.15, 0.2) is 5.52 Å². The van der Waals surface area contributed by atoms with Crippen molar-refractivity contribution in [2.45, 2.75) is 26.7 Å². The first-order valence-electron chi connectivity index (χ1n) is 5.59. The molecule has 0 saturated heterocycles. The molecule has 1 aromatic carbocycles. The molecule has 1 N–H and O–H groups in total. The van der Waals surface area contributed by atoms with E-state index in [1.54, 1.807) is 13.0 Å². The van der Waals surface area contributed by atoms with E-state index in [2.05, 4.69) is 9.97 Å². The van der Waals surface area contributed by atoms with E-state index < -0.39 is 4.92 Å². The Labute approximate surface area is 103 Å². The van der Waals surface area contributed by atoms with E-state index in [1.807, 2.05) is 13.8 Å². The molecule has 94 valence electrons. The van der Waals surface area contributed by atoms with Gasteiger partial charge in [0.05, 0.1) is 10.3 Å². The molecule has 0 fully saturated rings. The standard InChI is InChI=1S/C12H13N3O3/c1-6(2)11-13-10-8(12(16)14-11)4-7(3)5-9(10)15(17)18/h4-6H,1-3H3,(H,13,14,16). The molecule has 0 aliphatic rings. The topological polar surface area (TPSA) is 88.9 Å². The second-order valence-corrected chi connectivity index (χ2v) is 4.54. The SMILES string of the molecule is Cc1cc([N+](=O)[O-])c2nc(C(C)C)[nH]c(=O)c2c1. The Hall–Kier alpha value is -2.24. The van der Waals surface area contributed by atoms with E-state index >= 15 is 0 Å². The Bertz CT molecular complexity index is 689. The summed E-state index contributed by atoms with van der Waals surface area (Å²) in [6, 6.07) is 3.04. The van der Waals surface area contributed by atoms with Crippen LogP contribution in [0.2, 0.25) is 0 Å². The lowest BCUT2D eigenvalue weighted by atomic mass is 10.1. The third kappa shape index (κ3) is 1.97. The zero-order valence-electron chi connectivity index (χ0n) is 10.4. The predicted octanol–water partition coefficient (Wildman–Crippen LogP) is 2.26. The van der Waals surface area contributed by atoms with Crippen LogP contribution in [0, 0.1) is 17.0 Å². The summed E-state index contributed by atoms with van der Waals surface area (Å²) >= 11 is 0. The summed E-state index contributed by atoms with van der Waals surface area (Å²) in [5.74, 6) is 0.461. The molecule has 6 heteroatoms. The second kappa shape index (κ2) is 4.21. The number of benzene rings is 1. The largest absolute Gasteiger partial charge is 0.310 e. The number of non-ortho nitro benzene ring substituents is 1. The fourth-order valence-corrected chi connectivity index (χ4v) is 1.79. The van der Waals surface area contributed by atoms with Gasteiger partial charge in [0, 0.05) is 12.0 Å². The van der Waals surface area contributed by atoms with Crippen LogP contribution in [0.15, 0.2) is 16.9 Å². The summed E-state index contributed by atoms with van der Waals surface area (Å²) in [4.78, 5) is 29.3. The summed E-state index contributed by atoms with van der Waals surface area (Å²) in [5.41, 5.74) is 0.352. The van der Waals surface area contributed by atoms with Crippen molar-refractivity contribution in [3.63, 3.8) is 0 Å². The smallest absolute Gasteiger partial charge is 0.295 e. The van der Waals surface area contributed by atoms with Crippen LogP contribution in [-0.2, 0) is 0 Å². The minimum absolute atomic E-state index is 0.00278. The minimum Gasteiger partial charge on any atom is -0.310 e. The molecule has 0 unspecified atom stereocenters. The third-order valence-corrected chi connectivity index (χ3v) is 2.70. The zero-order chi connectivity index (χ0) is 13.4. The lowest BCUT2D eigenvalue weighted by Crippen LogP contribution is -2.14. The highest BCUT2D eigenvalue weighted by atomic mass is 16.6. The number of hydrogen-bond donors (Lipinski definition) is 1. The van der Waals surface area contributed by atoms with E-state index in [0.29, 0.717) is 11.4 Å². The van der Waals surface area contributed by atoms with Gasteiger partial charge in [-0.2, -0.15) is 0 Å². The quantitative estimate of drug-likeness (QED) is 0.651. The van der Waals surface area contributed by atoms with Crippen LogP contribution in [0.3, 0.4) is 0 Å². The van der Waals surface area contributed by atoms with Crippen molar-refractivity contribution < 1.29 is 4.92 Å². The molecule has 6 nitrogen and oxygen atoms in total. The number of nitro benzene ring substituents is 1. The van der Waals surface area contributed by atoms with Crippen LogP contribution in [0.1, 0.15) is 31.2 Å². The average molecular weight is 247 g/mol. The fraction of sp³-hybridized carbons (Fsp3) is 0.333. The van der Waals surface area contributed by atoms with Crippen molar-refractivity contribution in [1.29, 1.82) is 0 Å². The Kier molecular flexibility index (Phi) is 2.86. The van der Waals surface area contributed by atoms with Gasteiger partial charge in [-0.1, -0.05) is 13.8 Å². The number of nitrogens with one attached hydrogen (secondary N) is 1. The van der Waals surface area contributed by atoms with Crippen molar-refractivity contribution in [2.24, 2.45) is 0 Å². The van der Waals surface area contributed by atoms with Crippen LogP contribution in [0.5, 0.6) is 0 Å². The minimum atomic E-state index is -0.508. The molecular weight excluding hydrogens is 234 g/mol.